The Hall–Kier alpha value is -2.64. The monoisotopic (exact) mass is 431 g/mol. The van der Waals surface area contributed by atoms with Crippen LogP contribution in [-0.2, 0) is 0 Å². The van der Waals surface area contributed by atoms with Crippen molar-refractivity contribution in [3.05, 3.63) is 69.0 Å². The van der Waals surface area contributed by atoms with Gasteiger partial charge in [0.15, 0.2) is 0 Å². The molecule has 3 aromatic rings. The maximum Gasteiger partial charge on any atom is 0.339 e. The van der Waals surface area contributed by atoms with Crippen molar-refractivity contribution >= 4 is 44.8 Å². The third-order valence-electron chi connectivity index (χ3n) is 3.76. The third-order valence-corrected chi connectivity index (χ3v) is 5.31. The van der Waals surface area contributed by atoms with Crippen molar-refractivity contribution in [3.8, 4) is 16.2 Å². The highest BCUT2D eigenvalue weighted by Gasteiger charge is 2.22. The van der Waals surface area contributed by atoms with Crippen LogP contribution in [0.1, 0.15) is 26.3 Å². The van der Waals surface area contributed by atoms with Crippen molar-refractivity contribution in [2.75, 3.05) is 5.32 Å². The molecule has 26 heavy (non-hydrogen) atoms. The van der Waals surface area contributed by atoms with E-state index in [1.54, 1.807) is 36.6 Å². The van der Waals surface area contributed by atoms with Crippen molar-refractivity contribution in [1.82, 2.24) is 0 Å². The number of hydrogen-bond donors (Lipinski definition) is 3. The quantitative estimate of drug-likeness (QED) is 0.533. The summed E-state index contributed by atoms with van der Waals surface area (Å²) < 4.78 is 0.887. The maximum absolute atomic E-state index is 12.5. The molecule has 132 valence electrons. The number of aryl methyl sites for hydroxylation is 1. The Bertz CT molecular complexity index is 995. The topological polar surface area (TPSA) is 86.6 Å². The van der Waals surface area contributed by atoms with Gasteiger partial charge in [-0.1, -0.05) is 39.7 Å². The first-order valence-corrected chi connectivity index (χ1v) is 9.25. The van der Waals surface area contributed by atoms with Gasteiger partial charge in [-0.05, 0) is 36.8 Å². The average Bonchev–Trinajstić information content (AvgIpc) is 3.01. The van der Waals surface area contributed by atoms with Gasteiger partial charge in [0.05, 0.1) is 16.1 Å². The zero-order chi connectivity index (χ0) is 18.8. The second-order valence-electron chi connectivity index (χ2n) is 5.64. The largest absolute Gasteiger partial charge is 0.507 e. The molecule has 0 aliphatic carbocycles. The number of thiophene rings is 1. The smallest absolute Gasteiger partial charge is 0.339 e. The number of phenolic OH excluding ortho intramolecular Hbond substituents is 1. The molecule has 0 spiro atoms. The Morgan fingerprint density at radius 3 is 2.46 bits per heavy atom. The van der Waals surface area contributed by atoms with Crippen LogP contribution >= 0.6 is 27.3 Å². The molecule has 1 aromatic heterocycles. The zero-order valence-corrected chi connectivity index (χ0v) is 16.0. The Kier molecular flexibility index (Phi) is 5.11. The molecule has 0 unspecified atom stereocenters. The normalized spacial score (nSPS) is 10.5. The van der Waals surface area contributed by atoms with Crippen molar-refractivity contribution in [1.29, 1.82) is 0 Å². The number of aromatic hydroxyl groups is 1. The van der Waals surface area contributed by atoms with Crippen LogP contribution in [0.5, 0.6) is 5.75 Å². The van der Waals surface area contributed by atoms with Gasteiger partial charge in [-0.25, -0.2) is 4.79 Å². The van der Waals surface area contributed by atoms with Crippen LogP contribution in [-0.4, -0.2) is 22.1 Å². The predicted molar refractivity (Wildman–Crippen MR) is 105 cm³/mol. The van der Waals surface area contributed by atoms with Crippen molar-refractivity contribution in [3.63, 3.8) is 0 Å². The van der Waals surface area contributed by atoms with E-state index in [1.807, 2.05) is 12.1 Å². The first-order valence-electron chi connectivity index (χ1n) is 7.58. The van der Waals surface area contributed by atoms with Crippen LogP contribution in [0, 0.1) is 6.92 Å². The second kappa shape index (κ2) is 7.31. The molecule has 3 rings (SSSR count). The van der Waals surface area contributed by atoms with E-state index in [0.717, 1.165) is 15.6 Å². The zero-order valence-electron chi connectivity index (χ0n) is 13.6. The molecule has 0 radical (unpaired) electrons. The van der Waals surface area contributed by atoms with E-state index in [9.17, 15) is 19.8 Å². The minimum atomic E-state index is -1.13. The molecule has 3 N–H and O–H groups in total. The molecular weight excluding hydrogens is 418 g/mol. The van der Waals surface area contributed by atoms with E-state index in [0.29, 0.717) is 4.88 Å². The molecule has 0 bridgehead atoms. The highest BCUT2D eigenvalue weighted by atomic mass is 79.9. The molecule has 0 saturated heterocycles. The van der Waals surface area contributed by atoms with Gasteiger partial charge in [-0.2, -0.15) is 0 Å². The summed E-state index contributed by atoms with van der Waals surface area (Å²) in [5.74, 6) is -1.85. The fourth-order valence-electron chi connectivity index (χ4n) is 2.50. The lowest BCUT2D eigenvalue weighted by Crippen LogP contribution is -2.14. The molecule has 0 fully saturated rings. The first kappa shape index (κ1) is 18.2. The summed E-state index contributed by atoms with van der Waals surface area (Å²) in [4.78, 5) is 24.8. The summed E-state index contributed by atoms with van der Waals surface area (Å²) in [7, 11) is 0. The second-order valence-corrected chi connectivity index (χ2v) is 7.44. The minimum Gasteiger partial charge on any atom is -0.507 e. The van der Waals surface area contributed by atoms with E-state index in [2.05, 4.69) is 21.2 Å². The number of carbonyl (C=O) groups excluding carboxylic acids is 1. The van der Waals surface area contributed by atoms with E-state index >= 15 is 0 Å². The van der Waals surface area contributed by atoms with Gasteiger partial charge in [0.1, 0.15) is 11.3 Å². The van der Waals surface area contributed by atoms with Gasteiger partial charge >= 0.3 is 5.97 Å². The number of benzene rings is 2. The molecule has 0 atom stereocenters. The Labute approximate surface area is 162 Å². The van der Waals surface area contributed by atoms with Crippen LogP contribution < -0.4 is 5.32 Å². The van der Waals surface area contributed by atoms with Gasteiger partial charge in [-0.15, -0.1) is 11.3 Å². The SMILES string of the molecule is Cc1ccc(O)c(C(=O)Nc2csc(-c3ccc(Br)cc3)c2C(=O)O)c1. The molecule has 0 aliphatic rings. The Morgan fingerprint density at radius 2 is 1.81 bits per heavy atom. The molecule has 1 heterocycles. The van der Waals surface area contributed by atoms with Crippen LogP contribution in [0.3, 0.4) is 0 Å². The molecule has 2 aromatic carbocycles. The molecular formula is C19H14BrNO4S. The minimum absolute atomic E-state index is 0.0258. The summed E-state index contributed by atoms with van der Waals surface area (Å²) >= 11 is 4.58. The predicted octanol–water partition coefficient (Wildman–Crippen LogP) is 5.14. The summed E-state index contributed by atoms with van der Waals surface area (Å²) in [5, 5.41) is 23.7. The number of carboxylic acid groups (broad SMARTS) is 1. The fourth-order valence-corrected chi connectivity index (χ4v) is 3.76. The number of phenols is 1. The summed E-state index contributed by atoms with van der Waals surface area (Å²) in [6.07, 6.45) is 0. The summed E-state index contributed by atoms with van der Waals surface area (Å²) in [6.45, 7) is 1.80. The fraction of sp³-hybridized carbons (Fsp3) is 0.0526. The highest BCUT2D eigenvalue weighted by Crippen LogP contribution is 2.37. The number of aromatic carboxylic acids is 1. The number of amides is 1. The average molecular weight is 432 g/mol. The van der Waals surface area contributed by atoms with Gasteiger partial charge in [-0.3, -0.25) is 4.79 Å². The number of carbonyl (C=O) groups is 2. The number of halogens is 1. The van der Waals surface area contributed by atoms with Crippen molar-refractivity contribution in [2.45, 2.75) is 6.92 Å². The number of hydrogen-bond acceptors (Lipinski definition) is 4. The number of nitrogens with one attached hydrogen (secondary N) is 1. The van der Waals surface area contributed by atoms with Crippen molar-refractivity contribution in [2.24, 2.45) is 0 Å². The number of carboxylic acids is 1. The van der Waals surface area contributed by atoms with Crippen LogP contribution in [0.4, 0.5) is 5.69 Å². The molecule has 7 heteroatoms. The third kappa shape index (κ3) is 3.63. The number of anilines is 1. The molecule has 0 aliphatic heterocycles. The van der Waals surface area contributed by atoms with Crippen LogP contribution in [0.2, 0.25) is 0 Å². The molecule has 5 nitrogen and oxygen atoms in total. The summed E-state index contributed by atoms with van der Waals surface area (Å²) in [5.41, 5.74) is 1.88. The lowest BCUT2D eigenvalue weighted by atomic mass is 10.1. The maximum atomic E-state index is 12.5. The lowest BCUT2D eigenvalue weighted by Gasteiger charge is -2.08. The number of rotatable bonds is 4. The van der Waals surface area contributed by atoms with Crippen molar-refractivity contribution < 1.29 is 19.8 Å². The van der Waals surface area contributed by atoms with E-state index < -0.39 is 11.9 Å². The van der Waals surface area contributed by atoms with Gasteiger partial charge in [0, 0.05) is 9.85 Å². The highest BCUT2D eigenvalue weighted by molar-refractivity contribution is 9.10. The van der Waals surface area contributed by atoms with Gasteiger partial charge < -0.3 is 15.5 Å². The van der Waals surface area contributed by atoms with E-state index in [4.69, 9.17) is 0 Å². The lowest BCUT2D eigenvalue weighted by molar-refractivity contribution is 0.0699. The molecule has 1 amide bonds. The van der Waals surface area contributed by atoms with Gasteiger partial charge in [0.2, 0.25) is 0 Å². The standard InChI is InChI=1S/C19H14BrNO4S/c1-10-2-7-15(22)13(8-10)18(23)21-14-9-26-17(16(14)19(24)25)11-3-5-12(20)6-4-11/h2-9,22H,1H3,(H,21,23)(H,24,25). The van der Waals surface area contributed by atoms with Crippen LogP contribution in [0.25, 0.3) is 10.4 Å². The van der Waals surface area contributed by atoms with E-state index in [-0.39, 0.29) is 22.6 Å². The van der Waals surface area contributed by atoms with Gasteiger partial charge in [0.25, 0.3) is 5.91 Å². The first-order chi connectivity index (χ1) is 12.4. The van der Waals surface area contributed by atoms with E-state index in [1.165, 1.54) is 17.4 Å². The summed E-state index contributed by atoms with van der Waals surface area (Å²) in [6, 6.07) is 11.9. The van der Waals surface area contributed by atoms with Crippen LogP contribution in [0.15, 0.2) is 52.3 Å². The Balaban J connectivity index is 1.98. The Morgan fingerprint density at radius 1 is 1.12 bits per heavy atom. The molecule has 0 saturated carbocycles.